The molecule has 0 spiro atoms. The molecule has 0 fully saturated rings. The number of aromatic nitrogens is 2. The van der Waals surface area contributed by atoms with Gasteiger partial charge < -0.3 is 5.11 Å². The van der Waals surface area contributed by atoms with Crippen LogP contribution in [0.2, 0.25) is 0 Å². The minimum absolute atomic E-state index is 0.153. The molecule has 0 aliphatic rings. The van der Waals surface area contributed by atoms with Gasteiger partial charge in [-0.15, -0.1) is 11.3 Å². The van der Waals surface area contributed by atoms with Crippen LogP contribution in [0.25, 0.3) is 11.3 Å². The molecule has 0 saturated heterocycles. The van der Waals surface area contributed by atoms with Crippen molar-refractivity contribution in [3.8, 4) is 11.3 Å². The summed E-state index contributed by atoms with van der Waals surface area (Å²) >= 11 is 1.57. The van der Waals surface area contributed by atoms with Crippen molar-refractivity contribution in [1.82, 2.24) is 9.97 Å². The average molecular weight is 206 g/mol. The second-order valence-corrected chi connectivity index (χ2v) is 3.78. The first-order valence-electron chi connectivity index (χ1n) is 4.36. The Morgan fingerprint density at radius 2 is 2.36 bits per heavy atom. The summed E-state index contributed by atoms with van der Waals surface area (Å²) in [7, 11) is 0. The van der Waals surface area contributed by atoms with Gasteiger partial charge in [-0.25, -0.2) is 4.98 Å². The molecule has 1 N–H and O–H groups in total. The first-order valence-corrected chi connectivity index (χ1v) is 5.24. The molecule has 0 aromatic carbocycles. The minimum Gasteiger partial charge on any atom is -0.396 e. The van der Waals surface area contributed by atoms with E-state index in [9.17, 15) is 0 Å². The Bertz CT molecular complexity index is 400. The van der Waals surface area contributed by atoms with Gasteiger partial charge in [0.15, 0.2) is 0 Å². The maximum absolute atomic E-state index is 8.75. The molecule has 4 heteroatoms. The Kier molecular flexibility index (Phi) is 2.86. The molecule has 72 valence electrons. The summed E-state index contributed by atoms with van der Waals surface area (Å²) in [5.41, 5.74) is 1.96. The fourth-order valence-corrected chi connectivity index (χ4v) is 1.96. The fourth-order valence-electron chi connectivity index (χ4n) is 1.17. The van der Waals surface area contributed by atoms with E-state index in [2.05, 4.69) is 9.97 Å². The Labute approximate surface area is 86.1 Å². The lowest BCUT2D eigenvalue weighted by Gasteiger charge is -1.93. The van der Waals surface area contributed by atoms with E-state index in [1.807, 2.05) is 17.5 Å². The standard InChI is InChI=1S/C10H10N2OS/c13-5-3-10-12-9(7-14-10)8-2-1-4-11-6-8/h1-2,4,6-7,13H,3,5H2. The molecule has 2 aromatic rings. The van der Waals surface area contributed by atoms with Gasteiger partial charge in [0, 0.05) is 36.4 Å². The van der Waals surface area contributed by atoms with Gasteiger partial charge in [-0.05, 0) is 12.1 Å². The van der Waals surface area contributed by atoms with Gasteiger partial charge >= 0.3 is 0 Å². The largest absolute Gasteiger partial charge is 0.396 e. The van der Waals surface area contributed by atoms with E-state index >= 15 is 0 Å². The molecule has 0 amide bonds. The summed E-state index contributed by atoms with van der Waals surface area (Å²) in [6.45, 7) is 0.153. The van der Waals surface area contributed by atoms with Crippen molar-refractivity contribution in [2.24, 2.45) is 0 Å². The van der Waals surface area contributed by atoms with Crippen molar-refractivity contribution < 1.29 is 5.11 Å². The van der Waals surface area contributed by atoms with E-state index in [4.69, 9.17) is 5.11 Å². The summed E-state index contributed by atoms with van der Waals surface area (Å²) in [6, 6.07) is 3.87. The van der Waals surface area contributed by atoms with E-state index < -0.39 is 0 Å². The number of pyridine rings is 1. The van der Waals surface area contributed by atoms with Crippen LogP contribution in [0.4, 0.5) is 0 Å². The third-order valence-electron chi connectivity index (χ3n) is 1.83. The number of aliphatic hydroxyl groups is 1. The zero-order valence-electron chi connectivity index (χ0n) is 7.55. The zero-order chi connectivity index (χ0) is 9.80. The molecule has 0 aliphatic carbocycles. The SMILES string of the molecule is OCCc1nc(-c2cccnc2)cs1. The minimum atomic E-state index is 0.153. The quantitative estimate of drug-likeness (QED) is 0.832. The summed E-state index contributed by atoms with van der Waals surface area (Å²) in [5.74, 6) is 0. The van der Waals surface area contributed by atoms with Gasteiger partial charge in [0.05, 0.1) is 10.7 Å². The second-order valence-electron chi connectivity index (χ2n) is 2.84. The number of nitrogens with zero attached hydrogens (tertiary/aromatic N) is 2. The normalized spacial score (nSPS) is 10.4. The number of rotatable bonds is 3. The number of hydrogen-bond acceptors (Lipinski definition) is 4. The highest BCUT2D eigenvalue weighted by Gasteiger charge is 2.03. The Hall–Kier alpha value is -1.26. The van der Waals surface area contributed by atoms with Crippen molar-refractivity contribution in [1.29, 1.82) is 0 Å². The monoisotopic (exact) mass is 206 g/mol. The van der Waals surface area contributed by atoms with Crippen molar-refractivity contribution in [3.05, 3.63) is 34.9 Å². The number of aliphatic hydroxyl groups excluding tert-OH is 1. The number of hydrogen-bond donors (Lipinski definition) is 1. The van der Waals surface area contributed by atoms with Gasteiger partial charge in [-0.3, -0.25) is 4.98 Å². The van der Waals surface area contributed by atoms with Gasteiger partial charge in [0.2, 0.25) is 0 Å². The van der Waals surface area contributed by atoms with Crippen molar-refractivity contribution in [2.75, 3.05) is 6.61 Å². The first kappa shape index (κ1) is 9.30. The van der Waals surface area contributed by atoms with Gasteiger partial charge in [-0.2, -0.15) is 0 Å². The van der Waals surface area contributed by atoms with Crippen LogP contribution in [-0.2, 0) is 6.42 Å². The third-order valence-corrected chi connectivity index (χ3v) is 2.74. The summed E-state index contributed by atoms with van der Waals surface area (Å²) < 4.78 is 0. The molecule has 2 rings (SSSR count). The third kappa shape index (κ3) is 1.97. The Balaban J connectivity index is 2.25. The van der Waals surface area contributed by atoms with Crippen LogP contribution in [0, 0.1) is 0 Å². The molecule has 0 unspecified atom stereocenters. The Morgan fingerprint density at radius 1 is 1.43 bits per heavy atom. The molecule has 0 radical (unpaired) electrons. The van der Waals surface area contributed by atoms with Crippen LogP contribution in [0.3, 0.4) is 0 Å². The van der Waals surface area contributed by atoms with E-state index in [-0.39, 0.29) is 6.61 Å². The molecule has 0 bridgehead atoms. The van der Waals surface area contributed by atoms with Crippen LogP contribution in [0.5, 0.6) is 0 Å². The molecular formula is C10H10N2OS. The zero-order valence-corrected chi connectivity index (χ0v) is 8.37. The lowest BCUT2D eigenvalue weighted by molar-refractivity contribution is 0.299. The molecule has 0 atom stereocenters. The molecule has 14 heavy (non-hydrogen) atoms. The van der Waals surface area contributed by atoms with Gasteiger partial charge in [-0.1, -0.05) is 0 Å². The van der Waals surface area contributed by atoms with E-state index in [1.54, 1.807) is 23.7 Å². The van der Waals surface area contributed by atoms with Crippen molar-refractivity contribution in [2.45, 2.75) is 6.42 Å². The van der Waals surface area contributed by atoms with Crippen LogP contribution >= 0.6 is 11.3 Å². The highest BCUT2D eigenvalue weighted by Crippen LogP contribution is 2.20. The van der Waals surface area contributed by atoms with Gasteiger partial charge in [0.25, 0.3) is 0 Å². The summed E-state index contributed by atoms with van der Waals surface area (Å²) in [5, 5.41) is 11.7. The highest BCUT2D eigenvalue weighted by molar-refractivity contribution is 7.09. The highest BCUT2D eigenvalue weighted by atomic mass is 32.1. The lowest BCUT2D eigenvalue weighted by atomic mass is 10.2. The molecule has 0 saturated carbocycles. The first-order chi connectivity index (χ1) is 6.90. The fraction of sp³-hybridized carbons (Fsp3) is 0.200. The lowest BCUT2D eigenvalue weighted by Crippen LogP contribution is -1.89. The topological polar surface area (TPSA) is 46.0 Å². The summed E-state index contributed by atoms with van der Waals surface area (Å²) in [6.07, 6.45) is 4.16. The van der Waals surface area contributed by atoms with Crippen LogP contribution in [-0.4, -0.2) is 21.7 Å². The maximum atomic E-state index is 8.75. The molecule has 2 aromatic heterocycles. The van der Waals surface area contributed by atoms with E-state index in [0.29, 0.717) is 6.42 Å². The van der Waals surface area contributed by atoms with Gasteiger partial charge in [0.1, 0.15) is 0 Å². The average Bonchev–Trinajstić information content (AvgIpc) is 2.68. The molecular weight excluding hydrogens is 196 g/mol. The second kappa shape index (κ2) is 4.30. The number of thiazole rings is 1. The summed E-state index contributed by atoms with van der Waals surface area (Å²) in [4.78, 5) is 8.42. The molecule has 2 heterocycles. The van der Waals surface area contributed by atoms with Crippen LogP contribution in [0.15, 0.2) is 29.9 Å². The molecule has 3 nitrogen and oxygen atoms in total. The van der Waals surface area contributed by atoms with E-state index in [1.165, 1.54) is 0 Å². The van der Waals surface area contributed by atoms with E-state index in [0.717, 1.165) is 16.3 Å². The predicted octanol–water partition coefficient (Wildman–Crippen LogP) is 1.74. The smallest absolute Gasteiger partial charge is 0.0955 e. The van der Waals surface area contributed by atoms with Crippen molar-refractivity contribution in [3.63, 3.8) is 0 Å². The Morgan fingerprint density at radius 3 is 3.07 bits per heavy atom. The predicted molar refractivity (Wildman–Crippen MR) is 56.1 cm³/mol. The maximum Gasteiger partial charge on any atom is 0.0955 e. The van der Waals surface area contributed by atoms with Crippen LogP contribution in [0.1, 0.15) is 5.01 Å². The van der Waals surface area contributed by atoms with Crippen LogP contribution < -0.4 is 0 Å². The van der Waals surface area contributed by atoms with Crippen molar-refractivity contribution >= 4 is 11.3 Å². The molecule has 0 aliphatic heterocycles.